The first kappa shape index (κ1) is 12.6. The lowest BCUT2D eigenvalue weighted by molar-refractivity contribution is 0.0953. The largest absolute Gasteiger partial charge is 0.398 e. The Kier molecular flexibility index (Phi) is 3.94. The Morgan fingerprint density at radius 3 is 3.06 bits per heavy atom. The molecule has 1 heterocycles. The Morgan fingerprint density at radius 2 is 2.33 bits per heavy atom. The van der Waals surface area contributed by atoms with Crippen LogP contribution in [0.15, 0.2) is 29.8 Å². The van der Waals surface area contributed by atoms with E-state index in [-0.39, 0.29) is 5.91 Å². The van der Waals surface area contributed by atoms with Crippen molar-refractivity contribution in [2.45, 2.75) is 13.3 Å². The molecular weight excluding hydrogens is 246 g/mol. The average molecular weight is 261 g/mol. The highest BCUT2D eigenvalue weighted by atomic mass is 32.1. The molecule has 0 spiro atoms. The zero-order chi connectivity index (χ0) is 13.0. The van der Waals surface area contributed by atoms with Crippen LogP contribution in [-0.4, -0.2) is 17.4 Å². The third kappa shape index (κ3) is 2.87. The zero-order valence-electron chi connectivity index (χ0n) is 10.1. The number of thiazole rings is 1. The number of benzene rings is 1. The van der Waals surface area contributed by atoms with E-state index >= 15 is 0 Å². The quantitative estimate of drug-likeness (QED) is 0.827. The second kappa shape index (κ2) is 5.64. The lowest BCUT2D eigenvalue weighted by Gasteiger charge is -2.08. The van der Waals surface area contributed by atoms with Crippen molar-refractivity contribution in [1.29, 1.82) is 0 Å². The molecule has 0 fully saturated rings. The monoisotopic (exact) mass is 261 g/mol. The molecule has 1 aromatic carbocycles. The Labute approximate surface area is 110 Å². The number of carbonyl (C=O) groups is 1. The summed E-state index contributed by atoms with van der Waals surface area (Å²) in [5.41, 5.74) is 7.87. The Bertz CT molecular complexity index is 537. The van der Waals surface area contributed by atoms with E-state index in [2.05, 4.69) is 10.3 Å². The molecule has 1 aromatic heterocycles. The first-order valence-electron chi connectivity index (χ1n) is 5.70. The highest BCUT2D eigenvalue weighted by Crippen LogP contribution is 2.15. The van der Waals surface area contributed by atoms with E-state index in [9.17, 15) is 4.79 Å². The van der Waals surface area contributed by atoms with Crippen LogP contribution in [0.4, 0.5) is 5.69 Å². The Balaban J connectivity index is 1.93. The second-order valence-corrected chi connectivity index (χ2v) is 4.93. The molecule has 5 heteroatoms. The minimum absolute atomic E-state index is 0.0867. The fourth-order valence-electron chi connectivity index (χ4n) is 1.65. The van der Waals surface area contributed by atoms with E-state index in [1.165, 1.54) is 0 Å². The summed E-state index contributed by atoms with van der Waals surface area (Å²) in [6.07, 6.45) is 2.52. The van der Waals surface area contributed by atoms with Gasteiger partial charge in [-0.1, -0.05) is 6.07 Å². The summed E-state index contributed by atoms with van der Waals surface area (Å²) >= 11 is 1.59. The zero-order valence-corrected chi connectivity index (χ0v) is 11.0. The van der Waals surface area contributed by atoms with E-state index in [1.807, 2.05) is 12.3 Å². The summed E-state index contributed by atoms with van der Waals surface area (Å²) < 4.78 is 0. The topological polar surface area (TPSA) is 68.0 Å². The molecule has 0 saturated carbocycles. The summed E-state index contributed by atoms with van der Waals surface area (Å²) in [4.78, 5) is 16.1. The molecule has 0 radical (unpaired) electrons. The van der Waals surface area contributed by atoms with Gasteiger partial charge in [0.1, 0.15) is 0 Å². The summed E-state index contributed by atoms with van der Waals surface area (Å²) in [6, 6.07) is 5.37. The van der Waals surface area contributed by atoms with Gasteiger partial charge in [0.25, 0.3) is 5.91 Å². The second-order valence-electron chi connectivity index (χ2n) is 3.95. The van der Waals surface area contributed by atoms with Crippen molar-refractivity contribution in [2.24, 2.45) is 0 Å². The first-order chi connectivity index (χ1) is 8.68. The van der Waals surface area contributed by atoms with Gasteiger partial charge in [-0.25, -0.2) is 4.98 Å². The van der Waals surface area contributed by atoms with Crippen LogP contribution in [0.5, 0.6) is 0 Å². The molecule has 1 amide bonds. The number of hydrogen-bond donors (Lipinski definition) is 2. The van der Waals surface area contributed by atoms with Crippen molar-refractivity contribution in [3.63, 3.8) is 0 Å². The van der Waals surface area contributed by atoms with Gasteiger partial charge in [-0.3, -0.25) is 4.79 Å². The molecule has 0 bridgehead atoms. The van der Waals surface area contributed by atoms with Crippen molar-refractivity contribution in [1.82, 2.24) is 10.3 Å². The Hall–Kier alpha value is -1.88. The van der Waals surface area contributed by atoms with Crippen LogP contribution in [0.2, 0.25) is 0 Å². The summed E-state index contributed by atoms with van der Waals surface area (Å²) in [5.74, 6) is -0.0867. The van der Waals surface area contributed by atoms with Crippen LogP contribution in [0.3, 0.4) is 0 Å². The van der Waals surface area contributed by atoms with Gasteiger partial charge in [-0.05, 0) is 24.6 Å². The molecule has 18 heavy (non-hydrogen) atoms. The fraction of sp³-hybridized carbons (Fsp3) is 0.231. The first-order valence-corrected chi connectivity index (χ1v) is 6.58. The molecule has 94 valence electrons. The molecule has 0 unspecified atom stereocenters. The van der Waals surface area contributed by atoms with Gasteiger partial charge in [-0.2, -0.15) is 0 Å². The van der Waals surface area contributed by atoms with Gasteiger partial charge in [0.15, 0.2) is 0 Å². The lowest BCUT2D eigenvalue weighted by Crippen LogP contribution is -2.26. The summed E-state index contributed by atoms with van der Waals surface area (Å²) in [5, 5.41) is 5.83. The van der Waals surface area contributed by atoms with E-state index < -0.39 is 0 Å². The van der Waals surface area contributed by atoms with Crippen LogP contribution >= 0.6 is 11.3 Å². The molecule has 2 aromatic rings. The average Bonchev–Trinajstić information content (AvgIpc) is 2.85. The van der Waals surface area contributed by atoms with Crippen LogP contribution in [-0.2, 0) is 6.42 Å². The highest BCUT2D eigenvalue weighted by Gasteiger charge is 2.09. The minimum Gasteiger partial charge on any atom is -0.398 e. The number of nitrogens with two attached hydrogens (primary N) is 1. The number of carbonyl (C=O) groups excluding carboxylic acids is 1. The van der Waals surface area contributed by atoms with Gasteiger partial charge >= 0.3 is 0 Å². The molecule has 2 rings (SSSR count). The predicted octanol–water partition coefficient (Wildman–Crippen LogP) is 2.01. The molecule has 0 aliphatic rings. The molecule has 0 saturated heterocycles. The number of amides is 1. The standard InChI is InChI=1S/C13H15N3OS/c1-9-10(3-2-4-11(9)14)13(17)16-6-5-12-15-7-8-18-12/h2-4,7-8H,5-6,14H2,1H3,(H,16,17). The third-order valence-corrected chi connectivity index (χ3v) is 3.57. The van der Waals surface area contributed by atoms with E-state index in [1.54, 1.807) is 35.7 Å². The predicted molar refractivity (Wildman–Crippen MR) is 73.7 cm³/mol. The lowest BCUT2D eigenvalue weighted by atomic mass is 10.1. The van der Waals surface area contributed by atoms with E-state index in [0.717, 1.165) is 17.0 Å². The van der Waals surface area contributed by atoms with Crippen LogP contribution in [0, 0.1) is 6.92 Å². The van der Waals surface area contributed by atoms with Crippen molar-refractivity contribution >= 4 is 22.9 Å². The summed E-state index contributed by atoms with van der Waals surface area (Å²) in [7, 11) is 0. The van der Waals surface area contributed by atoms with Gasteiger partial charge in [0, 0.05) is 35.8 Å². The molecule has 0 aliphatic carbocycles. The van der Waals surface area contributed by atoms with Crippen molar-refractivity contribution in [3.8, 4) is 0 Å². The van der Waals surface area contributed by atoms with Crippen molar-refractivity contribution in [3.05, 3.63) is 45.9 Å². The van der Waals surface area contributed by atoms with Gasteiger partial charge in [0.2, 0.25) is 0 Å². The molecule has 3 N–H and O–H groups in total. The van der Waals surface area contributed by atoms with Gasteiger partial charge in [-0.15, -0.1) is 11.3 Å². The number of nitrogens with zero attached hydrogens (tertiary/aromatic N) is 1. The normalized spacial score (nSPS) is 10.3. The van der Waals surface area contributed by atoms with Gasteiger partial charge in [0.05, 0.1) is 5.01 Å². The maximum Gasteiger partial charge on any atom is 0.251 e. The number of rotatable bonds is 4. The molecular formula is C13H15N3OS. The smallest absolute Gasteiger partial charge is 0.251 e. The number of hydrogen-bond acceptors (Lipinski definition) is 4. The maximum atomic E-state index is 12.0. The number of aromatic nitrogens is 1. The van der Waals surface area contributed by atoms with Crippen LogP contribution in [0.1, 0.15) is 20.9 Å². The summed E-state index contributed by atoms with van der Waals surface area (Å²) in [6.45, 7) is 2.44. The Morgan fingerprint density at radius 1 is 1.50 bits per heavy atom. The van der Waals surface area contributed by atoms with Crippen molar-refractivity contribution in [2.75, 3.05) is 12.3 Å². The number of anilines is 1. The highest BCUT2D eigenvalue weighted by molar-refractivity contribution is 7.09. The van der Waals surface area contributed by atoms with E-state index in [4.69, 9.17) is 5.73 Å². The maximum absolute atomic E-state index is 12.0. The molecule has 4 nitrogen and oxygen atoms in total. The third-order valence-electron chi connectivity index (χ3n) is 2.73. The van der Waals surface area contributed by atoms with E-state index in [0.29, 0.717) is 17.8 Å². The molecule has 0 atom stereocenters. The fourth-order valence-corrected chi connectivity index (χ4v) is 2.27. The van der Waals surface area contributed by atoms with Gasteiger partial charge < -0.3 is 11.1 Å². The molecule has 0 aliphatic heterocycles. The van der Waals surface area contributed by atoms with Crippen LogP contribution in [0.25, 0.3) is 0 Å². The SMILES string of the molecule is Cc1c(N)cccc1C(=O)NCCc1nccs1. The van der Waals surface area contributed by atoms with Crippen LogP contribution < -0.4 is 11.1 Å². The minimum atomic E-state index is -0.0867. The number of nitrogens with one attached hydrogen (secondary N) is 1. The van der Waals surface area contributed by atoms with Crippen molar-refractivity contribution < 1.29 is 4.79 Å². The number of nitrogen functional groups attached to an aromatic ring is 1.